The van der Waals surface area contributed by atoms with Crippen LogP contribution in [0.1, 0.15) is 21.6 Å². The molecule has 5 rings (SSSR count). The van der Waals surface area contributed by atoms with Gasteiger partial charge in [-0.3, -0.25) is 9.78 Å². The molecule has 1 amide bonds. The molecule has 0 spiro atoms. The van der Waals surface area contributed by atoms with E-state index in [9.17, 15) is 9.18 Å². The maximum atomic E-state index is 14.7. The maximum Gasteiger partial charge on any atom is 0.272 e. The van der Waals surface area contributed by atoms with Crippen molar-refractivity contribution >= 4 is 22.6 Å². The topological polar surface area (TPSA) is 71.0 Å². The highest BCUT2D eigenvalue weighted by Gasteiger charge is 2.16. The van der Waals surface area contributed by atoms with E-state index in [1.165, 1.54) is 11.0 Å². The highest BCUT2D eigenvalue weighted by atomic mass is 19.1. The van der Waals surface area contributed by atoms with Crippen LogP contribution in [0.15, 0.2) is 97.5 Å². The van der Waals surface area contributed by atoms with Gasteiger partial charge in [-0.25, -0.2) is 14.4 Å². The molecule has 0 saturated heterocycles. The largest absolute Gasteiger partial charge is 0.365 e. The van der Waals surface area contributed by atoms with Crippen molar-refractivity contribution in [2.24, 2.45) is 0 Å². The van der Waals surface area contributed by atoms with E-state index >= 15 is 0 Å². The third kappa shape index (κ3) is 5.05. The standard InChI is InChI=1S/C29H24FN5O/c1-35(29(36)27-9-5-6-14-31-27)18-23-15-21(10-12-25(23)30)22-11-13-26-24(16-22)28(34-19-33-26)32-17-20-7-3-2-4-8-20/h2-16,19H,17-18H2,1H3,(H,32,33,34). The third-order valence-corrected chi connectivity index (χ3v) is 5.96. The Hall–Kier alpha value is -4.65. The molecule has 0 saturated carbocycles. The molecule has 1 N–H and O–H groups in total. The van der Waals surface area contributed by atoms with Crippen LogP contribution < -0.4 is 5.32 Å². The SMILES string of the molecule is CN(Cc1cc(-c2ccc3ncnc(NCc4ccccc4)c3c2)ccc1F)C(=O)c1ccccn1. The number of nitrogens with zero attached hydrogens (tertiary/aromatic N) is 4. The smallest absolute Gasteiger partial charge is 0.272 e. The van der Waals surface area contributed by atoms with Gasteiger partial charge < -0.3 is 10.2 Å². The molecule has 0 bridgehead atoms. The van der Waals surface area contributed by atoms with Crippen molar-refractivity contribution in [1.29, 1.82) is 0 Å². The number of benzene rings is 3. The summed E-state index contributed by atoms with van der Waals surface area (Å²) < 4.78 is 14.7. The molecular weight excluding hydrogens is 453 g/mol. The van der Waals surface area contributed by atoms with Gasteiger partial charge in [0.1, 0.15) is 23.7 Å². The molecule has 0 atom stereocenters. The molecule has 2 heterocycles. The van der Waals surface area contributed by atoms with Gasteiger partial charge in [-0.05, 0) is 53.1 Å². The molecule has 6 nitrogen and oxygen atoms in total. The molecule has 0 radical (unpaired) electrons. The Morgan fingerprint density at radius 3 is 2.47 bits per heavy atom. The second kappa shape index (κ2) is 10.3. The van der Waals surface area contributed by atoms with E-state index in [-0.39, 0.29) is 18.3 Å². The zero-order chi connectivity index (χ0) is 24.9. The first-order valence-electron chi connectivity index (χ1n) is 11.6. The van der Waals surface area contributed by atoms with Crippen molar-refractivity contribution in [3.8, 4) is 11.1 Å². The Morgan fingerprint density at radius 1 is 0.889 bits per heavy atom. The van der Waals surface area contributed by atoms with Gasteiger partial charge in [0.2, 0.25) is 0 Å². The van der Waals surface area contributed by atoms with Crippen LogP contribution in [-0.4, -0.2) is 32.8 Å². The fourth-order valence-corrected chi connectivity index (χ4v) is 4.05. The van der Waals surface area contributed by atoms with Crippen molar-refractivity contribution in [3.05, 3.63) is 120 Å². The maximum absolute atomic E-state index is 14.7. The lowest BCUT2D eigenvalue weighted by Crippen LogP contribution is -2.27. The Labute approximate surface area is 208 Å². The number of pyridine rings is 1. The second-order valence-corrected chi connectivity index (χ2v) is 8.48. The first kappa shape index (κ1) is 23.1. The van der Waals surface area contributed by atoms with E-state index in [1.807, 2.05) is 36.4 Å². The summed E-state index contributed by atoms with van der Waals surface area (Å²) in [6.45, 7) is 0.754. The van der Waals surface area contributed by atoms with Crippen LogP contribution in [0, 0.1) is 5.82 Å². The summed E-state index contributed by atoms with van der Waals surface area (Å²) in [5.41, 5.74) is 4.44. The lowest BCUT2D eigenvalue weighted by atomic mass is 10.0. The van der Waals surface area contributed by atoms with Gasteiger partial charge in [0, 0.05) is 37.3 Å². The third-order valence-electron chi connectivity index (χ3n) is 5.96. The lowest BCUT2D eigenvalue weighted by Gasteiger charge is -2.18. The molecule has 0 fully saturated rings. The second-order valence-electron chi connectivity index (χ2n) is 8.48. The van der Waals surface area contributed by atoms with Gasteiger partial charge in [-0.15, -0.1) is 0 Å². The number of halogens is 1. The van der Waals surface area contributed by atoms with E-state index in [0.29, 0.717) is 17.8 Å². The highest BCUT2D eigenvalue weighted by Crippen LogP contribution is 2.29. The van der Waals surface area contributed by atoms with Crippen LogP contribution in [-0.2, 0) is 13.1 Å². The minimum absolute atomic E-state index is 0.121. The molecule has 7 heteroatoms. The number of carbonyl (C=O) groups is 1. The fourth-order valence-electron chi connectivity index (χ4n) is 4.05. The van der Waals surface area contributed by atoms with Crippen LogP contribution in [0.5, 0.6) is 0 Å². The number of hydrogen-bond acceptors (Lipinski definition) is 5. The van der Waals surface area contributed by atoms with Gasteiger partial charge >= 0.3 is 0 Å². The van der Waals surface area contributed by atoms with Gasteiger partial charge in [0.05, 0.1) is 5.52 Å². The van der Waals surface area contributed by atoms with Crippen LogP contribution >= 0.6 is 0 Å². The summed E-state index contributed by atoms with van der Waals surface area (Å²) in [5.74, 6) is 0.0971. The summed E-state index contributed by atoms with van der Waals surface area (Å²) >= 11 is 0. The van der Waals surface area contributed by atoms with E-state index < -0.39 is 0 Å². The normalized spacial score (nSPS) is 10.8. The molecular formula is C29H24FN5O. The van der Waals surface area contributed by atoms with Crippen LogP contribution in [0.4, 0.5) is 10.2 Å². The van der Waals surface area contributed by atoms with E-state index in [1.54, 1.807) is 49.9 Å². The Bertz CT molecular complexity index is 1510. The number of fused-ring (bicyclic) bond motifs is 1. The van der Waals surface area contributed by atoms with Gasteiger partial charge in [0.15, 0.2) is 0 Å². The summed E-state index contributed by atoms with van der Waals surface area (Å²) in [6, 6.07) is 26.1. The lowest BCUT2D eigenvalue weighted by molar-refractivity contribution is 0.0778. The number of carbonyl (C=O) groups excluding carboxylic acids is 1. The number of anilines is 1. The van der Waals surface area contributed by atoms with Crippen molar-refractivity contribution in [2.75, 3.05) is 12.4 Å². The summed E-state index contributed by atoms with van der Waals surface area (Å²) in [6.07, 6.45) is 3.11. The summed E-state index contributed by atoms with van der Waals surface area (Å²) in [5, 5.41) is 4.27. The minimum atomic E-state index is -0.367. The predicted molar refractivity (Wildman–Crippen MR) is 139 cm³/mol. The van der Waals surface area contributed by atoms with Crippen LogP contribution in [0.25, 0.3) is 22.0 Å². The monoisotopic (exact) mass is 477 g/mol. The molecule has 3 aromatic carbocycles. The van der Waals surface area contributed by atoms with E-state index in [0.717, 1.165) is 33.4 Å². The first-order chi connectivity index (χ1) is 17.6. The Morgan fingerprint density at radius 2 is 1.67 bits per heavy atom. The highest BCUT2D eigenvalue weighted by molar-refractivity contribution is 5.93. The fraction of sp³-hybridized carbons (Fsp3) is 0.103. The Balaban J connectivity index is 1.41. The average molecular weight is 478 g/mol. The number of rotatable bonds is 7. The van der Waals surface area contributed by atoms with Gasteiger partial charge in [0.25, 0.3) is 5.91 Å². The molecule has 0 unspecified atom stereocenters. The summed E-state index contributed by atoms with van der Waals surface area (Å²) in [7, 11) is 1.64. The number of nitrogens with one attached hydrogen (secondary N) is 1. The predicted octanol–water partition coefficient (Wildman–Crippen LogP) is 5.72. The number of amides is 1. The van der Waals surface area contributed by atoms with Gasteiger partial charge in [-0.1, -0.05) is 48.5 Å². The van der Waals surface area contributed by atoms with E-state index in [2.05, 4.69) is 32.4 Å². The molecule has 0 aliphatic heterocycles. The number of hydrogen-bond donors (Lipinski definition) is 1. The van der Waals surface area contributed by atoms with Crippen molar-refractivity contribution in [2.45, 2.75) is 13.1 Å². The first-order valence-corrected chi connectivity index (χ1v) is 11.6. The molecule has 5 aromatic rings. The van der Waals surface area contributed by atoms with Crippen LogP contribution in [0.3, 0.4) is 0 Å². The molecule has 2 aromatic heterocycles. The Kier molecular flexibility index (Phi) is 6.62. The van der Waals surface area contributed by atoms with Gasteiger partial charge in [-0.2, -0.15) is 0 Å². The van der Waals surface area contributed by atoms with Crippen molar-refractivity contribution in [3.63, 3.8) is 0 Å². The zero-order valence-corrected chi connectivity index (χ0v) is 19.7. The molecule has 0 aliphatic rings. The van der Waals surface area contributed by atoms with E-state index in [4.69, 9.17) is 0 Å². The quantitative estimate of drug-likeness (QED) is 0.325. The average Bonchev–Trinajstić information content (AvgIpc) is 2.93. The van der Waals surface area contributed by atoms with Crippen molar-refractivity contribution < 1.29 is 9.18 Å². The number of aromatic nitrogens is 3. The summed E-state index contributed by atoms with van der Waals surface area (Å²) in [4.78, 5) is 27.1. The molecule has 36 heavy (non-hydrogen) atoms. The zero-order valence-electron chi connectivity index (χ0n) is 19.7. The molecule has 0 aliphatic carbocycles. The van der Waals surface area contributed by atoms with Crippen LogP contribution in [0.2, 0.25) is 0 Å². The molecule has 178 valence electrons. The van der Waals surface area contributed by atoms with Crippen molar-refractivity contribution in [1.82, 2.24) is 19.9 Å². The minimum Gasteiger partial charge on any atom is -0.365 e.